The summed E-state index contributed by atoms with van der Waals surface area (Å²) in [6.07, 6.45) is 6.37. The smallest absolute Gasteiger partial charge is 0.220 e. The molecule has 3 atom stereocenters. The van der Waals surface area contributed by atoms with Gasteiger partial charge in [0.05, 0.1) is 10.9 Å². The van der Waals surface area contributed by atoms with Crippen molar-refractivity contribution in [3.63, 3.8) is 0 Å². The predicted molar refractivity (Wildman–Crippen MR) is 112 cm³/mol. The Labute approximate surface area is 171 Å². The third-order valence-electron chi connectivity index (χ3n) is 6.90. The molecule has 2 aliphatic heterocycles. The molecule has 0 bridgehead atoms. The van der Waals surface area contributed by atoms with Crippen molar-refractivity contribution in [1.29, 1.82) is 0 Å². The van der Waals surface area contributed by atoms with Crippen molar-refractivity contribution >= 4 is 23.0 Å². The Morgan fingerprint density at radius 2 is 2.14 bits per heavy atom. The molecule has 1 amide bonds. The Morgan fingerprint density at radius 1 is 1.31 bits per heavy atom. The lowest BCUT2D eigenvalue weighted by Gasteiger charge is -2.33. The van der Waals surface area contributed by atoms with Crippen LogP contribution in [-0.4, -0.2) is 52.1 Å². The van der Waals surface area contributed by atoms with E-state index in [-0.39, 0.29) is 23.8 Å². The fraction of sp³-hybridized carbons (Fsp3) is 0.591. The first-order chi connectivity index (χ1) is 14.0. The van der Waals surface area contributed by atoms with Crippen LogP contribution in [0.3, 0.4) is 0 Å². The lowest BCUT2D eigenvalue weighted by molar-refractivity contribution is -0.119. The Balaban J connectivity index is 1.45. The number of hydrogen-bond donors (Lipinski definition) is 1. The van der Waals surface area contributed by atoms with Gasteiger partial charge in [0.2, 0.25) is 5.91 Å². The molecule has 3 aliphatic rings. The molecule has 1 aromatic heterocycles. The first-order valence-corrected chi connectivity index (χ1v) is 10.7. The summed E-state index contributed by atoms with van der Waals surface area (Å²) in [5.41, 5.74) is 3.25. The number of ether oxygens (including phenoxy) is 1. The van der Waals surface area contributed by atoms with Gasteiger partial charge in [-0.05, 0) is 50.8 Å². The monoisotopic (exact) mass is 395 g/mol. The van der Waals surface area contributed by atoms with Crippen molar-refractivity contribution in [2.45, 2.75) is 57.6 Å². The van der Waals surface area contributed by atoms with Gasteiger partial charge in [0, 0.05) is 56.3 Å². The number of hydrazone groups is 1. The van der Waals surface area contributed by atoms with Crippen LogP contribution in [0.5, 0.6) is 5.75 Å². The standard InChI is InChI=1S/C22H29N5O2/c1-13-22-19(25-26(13)3)7-15(17-11-24-27(12-17)18-5-4-6-18)8-20(22)29-14(2)16-9-21(28)23-10-16/h7-8,11,14,16-18H,4-6,9-10,12H2,1-3H3,(H,23,28)/t14-,16-,17?/m1/s1. The summed E-state index contributed by atoms with van der Waals surface area (Å²) >= 11 is 0. The summed E-state index contributed by atoms with van der Waals surface area (Å²) < 4.78 is 8.37. The zero-order valence-corrected chi connectivity index (χ0v) is 17.4. The number of hydrogen-bond acceptors (Lipinski definition) is 5. The van der Waals surface area contributed by atoms with Gasteiger partial charge in [-0.25, -0.2) is 0 Å². The molecule has 1 aliphatic carbocycles. The summed E-state index contributed by atoms with van der Waals surface area (Å²) in [6.45, 7) is 5.74. The van der Waals surface area contributed by atoms with Crippen molar-refractivity contribution < 1.29 is 9.53 Å². The molecule has 7 heteroatoms. The summed E-state index contributed by atoms with van der Waals surface area (Å²) in [5.74, 6) is 1.43. The second-order valence-electron chi connectivity index (χ2n) is 8.79. The van der Waals surface area contributed by atoms with Gasteiger partial charge in [0.15, 0.2) is 0 Å². The van der Waals surface area contributed by atoms with Crippen molar-refractivity contribution in [2.24, 2.45) is 18.1 Å². The second kappa shape index (κ2) is 7.04. The van der Waals surface area contributed by atoms with Crippen LogP contribution in [0, 0.1) is 12.8 Å². The molecule has 1 unspecified atom stereocenters. The highest BCUT2D eigenvalue weighted by molar-refractivity contribution is 5.89. The van der Waals surface area contributed by atoms with Gasteiger partial charge in [-0.3, -0.25) is 14.5 Å². The number of carbonyl (C=O) groups excluding carboxylic acids is 1. The minimum atomic E-state index is -0.0456. The minimum Gasteiger partial charge on any atom is -0.490 e. The van der Waals surface area contributed by atoms with E-state index in [1.54, 1.807) is 0 Å². The maximum absolute atomic E-state index is 11.6. The van der Waals surface area contributed by atoms with E-state index in [0.29, 0.717) is 19.0 Å². The largest absolute Gasteiger partial charge is 0.490 e. The summed E-state index contributed by atoms with van der Waals surface area (Å²) in [4.78, 5) is 11.6. The Kier molecular flexibility index (Phi) is 4.48. The summed E-state index contributed by atoms with van der Waals surface area (Å²) in [7, 11) is 1.97. The van der Waals surface area contributed by atoms with Crippen molar-refractivity contribution in [3.05, 3.63) is 23.4 Å². The predicted octanol–water partition coefficient (Wildman–Crippen LogP) is 2.72. The van der Waals surface area contributed by atoms with E-state index in [4.69, 9.17) is 9.84 Å². The summed E-state index contributed by atoms with van der Waals surface area (Å²) in [6, 6.07) is 4.96. The zero-order chi connectivity index (χ0) is 20.1. The zero-order valence-electron chi connectivity index (χ0n) is 17.4. The van der Waals surface area contributed by atoms with E-state index in [9.17, 15) is 4.79 Å². The molecule has 154 valence electrons. The van der Waals surface area contributed by atoms with E-state index in [0.717, 1.165) is 28.9 Å². The first-order valence-electron chi connectivity index (χ1n) is 10.7. The quantitative estimate of drug-likeness (QED) is 0.845. The fourth-order valence-electron chi connectivity index (χ4n) is 4.61. The van der Waals surface area contributed by atoms with Gasteiger partial charge in [-0.1, -0.05) is 0 Å². The minimum absolute atomic E-state index is 0.0456. The van der Waals surface area contributed by atoms with Crippen molar-refractivity contribution in [2.75, 3.05) is 13.1 Å². The van der Waals surface area contributed by atoms with Crippen LogP contribution in [0.1, 0.15) is 49.8 Å². The van der Waals surface area contributed by atoms with Crippen LogP contribution in [0.2, 0.25) is 0 Å². The average Bonchev–Trinajstić information content (AvgIpc) is 3.34. The van der Waals surface area contributed by atoms with Gasteiger partial charge in [-0.15, -0.1) is 0 Å². The van der Waals surface area contributed by atoms with Crippen LogP contribution >= 0.6 is 0 Å². The topological polar surface area (TPSA) is 71.8 Å². The molecule has 3 heterocycles. The van der Waals surface area contributed by atoms with E-state index < -0.39 is 0 Å². The number of aromatic nitrogens is 2. The number of aryl methyl sites for hydroxylation is 2. The van der Waals surface area contributed by atoms with E-state index in [2.05, 4.69) is 47.6 Å². The number of benzene rings is 1. The molecule has 0 radical (unpaired) electrons. The van der Waals surface area contributed by atoms with Crippen LogP contribution in [0.4, 0.5) is 0 Å². The fourth-order valence-corrected chi connectivity index (χ4v) is 4.61. The van der Waals surface area contributed by atoms with E-state index in [1.165, 1.54) is 24.8 Å². The third-order valence-corrected chi connectivity index (χ3v) is 6.90. The lowest BCUT2D eigenvalue weighted by atomic mass is 9.91. The van der Waals surface area contributed by atoms with Crippen LogP contribution < -0.4 is 10.1 Å². The van der Waals surface area contributed by atoms with Gasteiger partial charge in [0.25, 0.3) is 0 Å². The molecular formula is C22H29N5O2. The van der Waals surface area contributed by atoms with Crippen LogP contribution in [0.15, 0.2) is 17.2 Å². The Bertz CT molecular complexity index is 977. The molecule has 1 saturated heterocycles. The van der Waals surface area contributed by atoms with Gasteiger partial charge < -0.3 is 10.1 Å². The average molecular weight is 396 g/mol. The van der Waals surface area contributed by atoms with Gasteiger partial charge >= 0.3 is 0 Å². The number of nitrogens with zero attached hydrogens (tertiary/aromatic N) is 4. The van der Waals surface area contributed by atoms with Gasteiger partial charge in [0.1, 0.15) is 11.9 Å². The Morgan fingerprint density at radius 3 is 2.83 bits per heavy atom. The van der Waals surface area contributed by atoms with Crippen molar-refractivity contribution in [1.82, 2.24) is 20.1 Å². The summed E-state index contributed by atoms with van der Waals surface area (Å²) in [5, 5.41) is 15.6. The number of nitrogens with one attached hydrogen (secondary N) is 1. The molecule has 2 aromatic rings. The highest BCUT2D eigenvalue weighted by atomic mass is 16.5. The molecule has 1 aromatic carbocycles. The molecule has 2 fully saturated rings. The molecular weight excluding hydrogens is 366 g/mol. The molecule has 7 nitrogen and oxygen atoms in total. The van der Waals surface area contributed by atoms with Crippen LogP contribution in [0.25, 0.3) is 10.9 Å². The normalized spacial score (nSPS) is 25.5. The third kappa shape index (κ3) is 3.26. The molecule has 1 N–H and O–H groups in total. The Hall–Kier alpha value is -2.57. The first kappa shape index (κ1) is 18.5. The van der Waals surface area contributed by atoms with Crippen molar-refractivity contribution in [3.8, 4) is 5.75 Å². The number of rotatable bonds is 5. The number of fused-ring (bicyclic) bond motifs is 1. The molecule has 5 rings (SSSR count). The highest BCUT2D eigenvalue weighted by Crippen LogP contribution is 2.36. The van der Waals surface area contributed by atoms with Gasteiger partial charge in [-0.2, -0.15) is 10.2 Å². The maximum Gasteiger partial charge on any atom is 0.220 e. The SMILES string of the molecule is Cc1c2c(O[C@H](C)[C@H]3CNC(=O)C3)cc(C3C=NN(C4CCC4)C3)cc2nn1C. The number of amides is 1. The molecule has 0 spiro atoms. The molecule has 1 saturated carbocycles. The van der Waals surface area contributed by atoms with E-state index >= 15 is 0 Å². The van der Waals surface area contributed by atoms with Crippen LogP contribution in [-0.2, 0) is 11.8 Å². The number of carbonyl (C=O) groups is 1. The maximum atomic E-state index is 11.6. The highest BCUT2D eigenvalue weighted by Gasteiger charge is 2.31. The second-order valence-corrected chi connectivity index (χ2v) is 8.79. The molecule has 29 heavy (non-hydrogen) atoms. The lowest BCUT2D eigenvalue weighted by Crippen LogP contribution is -2.35. The van der Waals surface area contributed by atoms with E-state index in [1.807, 2.05) is 11.7 Å².